The molecule has 0 radical (unpaired) electrons. The molecule has 1 atom stereocenters. The molecule has 5 heteroatoms. The molecule has 2 aromatic rings. The Morgan fingerprint density at radius 2 is 1.95 bits per heavy atom. The summed E-state index contributed by atoms with van der Waals surface area (Å²) in [5.74, 6) is -0.273. The van der Waals surface area contributed by atoms with E-state index in [1.807, 2.05) is 30.3 Å². The van der Waals surface area contributed by atoms with Crippen molar-refractivity contribution in [2.75, 3.05) is 12.4 Å². The molecule has 1 heterocycles. The molecule has 1 N–H and O–H groups in total. The molecule has 0 fully saturated rings. The Morgan fingerprint density at radius 1 is 1.29 bits per heavy atom. The van der Waals surface area contributed by atoms with Crippen molar-refractivity contribution < 1.29 is 9.53 Å². The van der Waals surface area contributed by atoms with Crippen molar-refractivity contribution in [1.82, 2.24) is 4.57 Å². The van der Waals surface area contributed by atoms with Gasteiger partial charge in [-0.15, -0.1) is 0 Å². The number of aromatic nitrogens is 1. The monoisotopic (exact) mass is 286 g/mol. The fourth-order valence-corrected chi connectivity index (χ4v) is 2.08. The van der Waals surface area contributed by atoms with E-state index in [-0.39, 0.29) is 11.5 Å². The summed E-state index contributed by atoms with van der Waals surface area (Å²) in [6.45, 7) is 1.78. The van der Waals surface area contributed by atoms with Crippen LogP contribution >= 0.6 is 0 Å². The lowest BCUT2D eigenvalue weighted by atomic mass is 10.1. The molecule has 5 nitrogen and oxygen atoms in total. The summed E-state index contributed by atoms with van der Waals surface area (Å²) in [7, 11) is 3.13. The van der Waals surface area contributed by atoms with Crippen LogP contribution in [0.4, 0.5) is 5.69 Å². The standard InChI is InChI=1S/C16H18N2O3/c1-11-9-14(19)18(2)10-13(11)17-16(20)15(21-3)12-7-5-4-6-8-12/h4-10,15H,1-3H3,(H,17,20)/t15-/m1/s1. The highest BCUT2D eigenvalue weighted by molar-refractivity contribution is 5.95. The topological polar surface area (TPSA) is 60.3 Å². The van der Waals surface area contributed by atoms with Crippen molar-refractivity contribution >= 4 is 11.6 Å². The predicted molar refractivity (Wildman–Crippen MR) is 81.2 cm³/mol. The second-order valence-electron chi connectivity index (χ2n) is 4.83. The number of carbonyl (C=O) groups is 1. The Kier molecular flexibility index (Phi) is 4.55. The maximum absolute atomic E-state index is 12.4. The number of pyridine rings is 1. The van der Waals surface area contributed by atoms with Crippen LogP contribution in [0.25, 0.3) is 0 Å². The van der Waals surface area contributed by atoms with Gasteiger partial charge >= 0.3 is 0 Å². The minimum Gasteiger partial charge on any atom is -0.367 e. The molecule has 0 spiro atoms. The quantitative estimate of drug-likeness (QED) is 0.935. The van der Waals surface area contributed by atoms with Crippen LogP contribution < -0.4 is 10.9 Å². The molecule has 0 aliphatic carbocycles. The van der Waals surface area contributed by atoms with E-state index in [1.165, 1.54) is 17.7 Å². The zero-order valence-corrected chi connectivity index (χ0v) is 12.3. The van der Waals surface area contributed by atoms with Gasteiger partial charge in [-0.2, -0.15) is 0 Å². The summed E-state index contributed by atoms with van der Waals surface area (Å²) in [5, 5.41) is 2.80. The van der Waals surface area contributed by atoms with Gasteiger partial charge in [0.25, 0.3) is 11.5 Å². The number of ether oxygens (including phenoxy) is 1. The summed E-state index contributed by atoms with van der Waals surface area (Å²) in [5.41, 5.74) is 1.98. The van der Waals surface area contributed by atoms with Gasteiger partial charge in [-0.3, -0.25) is 9.59 Å². The van der Waals surface area contributed by atoms with Crippen molar-refractivity contribution in [3.8, 4) is 0 Å². The number of nitrogens with zero attached hydrogens (tertiary/aromatic N) is 1. The number of hydrogen-bond acceptors (Lipinski definition) is 3. The summed E-state index contributed by atoms with van der Waals surface area (Å²) >= 11 is 0. The Hall–Kier alpha value is -2.40. The number of hydrogen-bond donors (Lipinski definition) is 1. The molecule has 1 aromatic carbocycles. The van der Waals surface area contributed by atoms with Gasteiger partial charge in [-0.05, 0) is 18.1 Å². The van der Waals surface area contributed by atoms with Crippen LogP contribution in [0.2, 0.25) is 0 Å². The Morgan fingerprint density at radius 3 is 2.57 bits per heavy atom. The molecule has 1 aromatic heterocycles. The molecule has 21 heavy (non-hydrogen) atoms. The molecular formula is C16H18N2O3. The summed E-state index contributed by atoms with van der Waals surface area (Å²) in [6, 6.07) is 10.7. The Balaban J connectivity index is 2.25. The van der Waals surface area contributed by atoms with E-state index in [4.69, 9.17) is 4.74 Å². The molecule has 110 valence electrons. The van der Waals surface area contributed by atoms with E-state index in [0.717, 1.165) is 11.1 Å². The summed E-state index contributed by atoms with van der Waals surface area (Å²) < 4.78 is 6.71. The number of amides is 1. The largest absolute Gasteiger partial charge is 0.367 e. The van der Waals surface area contributed by atoms with Gasteiger partial charge in [0.1, 0.15) is 0 Å². The maximum atomic E-state index is 12.4. The number of nitrogens with one attached hydrogen (secondary N) is 1. The number of rotatable bonds is 4. The lowest BCUT2D eigenvalue weighted by Gasteiger charge is -2.17. The molecule has 0 bridgehead atoms. The minimum atomic E-state index is -0.692. The molecule has 0 saturated carbocycles. The van der Waals surface area contributed by atoms with Crippen LogP contribution in [-0.2, 0) is 16.6 Å². The number of anilines is 1. The number of carbonyl (C=O) groups excluding carboxylic acids is 1. The average molecular weight is 286 g/mol. The maximum Gasteiger partial charge on any atom is 0.258 e. The predicted octanol–water partition coefficient (Wildman–Crippen LogP) is 2.02. The first kappa shape index (κ1) is 15.0. The van der Waals surface area contributed by atoms with Gasteiger partial charge in [-0.1, -0.05) is 30.3 Å². The fourth-order valence-electron chi connectivity index (χ4n) is 2.08. The third-order valence-electron chi connectivity index (χ3n) is 3.27. The Bertz CT molecular complexity index is 692. The lowest BCUT2D eigenvalue weighted by Crippen LogP contribution is -2.25. The van der Waals surface area contributed by atoms with Crippen LogP contribution in [0, 0.1) is 6.92 Å². The zero-order chi connectivity index (χ0) is 15.4. The van der Waals surface area contributed by atoms with Crippen LogP contribution in [-0.4, -0.2) is 17.6 Å². The van der Waals surface area contributed by atoms with E-state index in [0.29, 0.717) is 5.69 Å². The first-order valence-corrected chi connectivity index (χ1v) is 6.59. The lowest BCUT2D eigenvalue weighted by molar-refractivity contribution is -0.126. The second-order valence-corrected chi connectivity index (χ2v) is 4.83. The smallest absolute Gasteiger partial charge is 0.258 e. The average Bonchev–Trinajstić information content (AvgIpc) is 2.46. The molecule has 0 aliphatic rings. The Labute approximate surface area is 123 Å². The van der Waals surface area contributed by atoms with Gasteiger partial charge < -0.3 is 14.6 Å². The van der Waals surface area contributed by atoms with Crippen molar-refractivity contribution in [2.45, 2.75) is 13.0 Å². The van der Waals surface area contributed by atoms with Crippen molar-refractivity contribution in [3.05, 3.63) is 64.1 Å². The van der Waals surface area contributed by atoms with Crippen LogP contribution in [0.3, 0.4) is 0 Å². The van der Waals surface area contributed by atoms with Crippen molar-refractivity contribution in [1.29, 1.82) is 0 Å². The highest BCUT2D eigenvalue weighted by Crippen LogP contribution is 2.20. The number of methoxy groups -OCH3 is 1. The van der Waals surface area contributed by atoms with Gasteiger partial charge in [0.15, 0.2) is 6.10 Å². The third-order valence-corrected chi connectivity index (χ3v) is 3.27. The zero-order valence-electron chi connectivity index (χ0n) is 12.3. The van der Waals surface area contributed by atoms with Gasteiger partial charge in [0.2, 0.25) is 0 Å². The van der Waals surface area contributed by atoms with Crippen LogP contribution in [0.5, 0.6) is 0 Å². The minimum absolute atomic E-state index is 0.114. The SMILES string of the molecule is CO[C@@H](C(=O)Nc1cn(C)c(=O)cc1C)c1ccccc1. The number of aryl methyl sites for hydroxylation is 2. The second kappa shape index (κ2) is 6.37. The number of benzene rings is 1. The molecule has 2 rings (SSSR count). The van der Waals surface area contributed by atoms with E-state index in [1.54, 1.807) is 20.2 Å². The van der Waals surface area contributed by atoms with Crippen molar-refractivity contribution in [2.24, 2.45) is 7.05 Å². The van der Waals surface area contributed by atoms with Gasteiger partial charge in [0, 0.05) is 26.4 Å². The molecular weight excluding hydrogens is 268 g/mol. The van der Waals surface area contributed by atoms with E-state index < -0.39 is 6.10 Å². The summed E-state index contributed by atoms with van der Waals surface area (Å²) in [4.78, 5) is 23.9. The molecule has 0 unspecified atom stereocenters. The van der Waals surface area contributed by atoms with Crippen LogP contribution in [0.1, 0.15) is 17.2 Å². The van der Waals surface area contributed by atoms with Crippen LogP contribution in [0.15, 0.2) is 47.4 Å². The fraction of sp³-hybridized carbons (Fsp3) is 0.250. The van der Waals surface area contributed by atoms with E-state index in [9.17, 15) is 9.59 Å². The van der Waals surface area contributed by atoms with E-state index >= 15 is 0 Å². The summed E-state index contributed by atoms with van der Waals surface area (Å²) in [6.07, 6.45) is 0.913. The molecule has 0 saturated heterocycles. The third kappa shape index (κ3) is 3.38. The first-order chi connectivity index (χ1) is 10.0. The highest BCUT2D eigenvalue weighted by atomic mass is 16.5. The van der Waals surface area contributed by atoms with Gasteiger partial charge in [-0.25, -0.2) is 0 Å². The van der Waals surface area contributed by atoms with Gasteiger partial charge in [0.05, 0.1) is 5.69 Å². The first-order valence-electron chi connectivity index (χ1n) is 6.59. The van der Waals surface area contributed by atoms with Crippen molar-refractivity contribution in [3.63, 3.8) is 0 Å². The normalized spacial score (nSPS) is 12.0. The highest BCUT2D eigenvalue weighted by Gasteiger charge is 2.20. The molecule has 1 amide bonds. The molecule has 0 aliphatic heterocycles. The van der Waals surface area contributed by atoms with E-state index in [2.05, 4.69) is 5.32 Å².